The van der Waals surface area contributed by atoms with Gasteiger partial charge >= 0.3 is 0 Å². The van der Waals surface area contributed by atoms with E-state index < -0.39 is 5.82 Å². The van der Waals surface area contributed by atoms with E-state index >= 15 is 0 Å². The SMILES string of the molecule is COc1ccc(F)c(Cl)c1[C@@H](C)c1c[nH]c2ncc(-c3cnn(C4CCC(O)CC4)c3Cl)cc12. The van der Waals surface area contributed by atoms with Crippen molar-refractivity contribution in [2.45, 2.75) is 50.7 Å². The summed E-state index contributed by atoms with van der Waals surface area (Å²) in [4.78, 5) is 7.79. The molecule has 9 heteroatoms. The van der Waals surface area contributed by atoms with Crippen molar-refractivity contribution in [2.24, 2.45) is 0 Å². The third kappa shape index (κ3) is 3.96. The minimum atomic E-state index is -0.489. The molecule has 0 spiro atoms. The number of aromatic amines is 1. The number of aliphatic hydroxyl groups excluding tert-OH is 1. The summed E-state index contributed by atoms with van der Waals surface area (Å²) in [5.41, 5.74) is 3.84. The van der Waals surface area contributed by atoms with Crippen LogP contribution in [0.1, 0.15) is 55.7 Å². The smallest absolute Gasteiger partial charge is 0.142 e. The van der Waals surface area contributed by atoms with Crippen molar-refractivity contribution in [1.82, 2.24) is 19.7 Å². The van der Waals surface area contributed by atoms with Crippen LogP contribution in [0.15, 0.2) is 36.8 Å². The Bertz CT molecular complexity index is 1340. The molecule has 3 aromatic heterocycles. The third-order valence-corrected chi connectivity index (χ3v) is 7.59. The predicted octanol–water partition coefficient (Wildman–Crippen LogP) is 6.51. The highest BCUT2D eigenvalue weighted by atomic mass is 35.5. The summed E-state index contributed by atoms with van der Waals surface area (Å²) in [7, 11) is 1.54. The Labute approximate surface area is 206 Å². The number of aromatic nitrogens is 4. The molecule has 3 heterocycles. The summed E-state index contributed by atoms with van der Waals surface area (Å²) in [6.45, 7) is 1.96. The third-order valence-electron chi connectivity index (χ3n) is 6.83. The molecule has 1 aromatic carbocycles. The number of hydrogen-bond donors (Lipinski definition) is 2. The van der Waals surface area contributed by atoms with Crippen LogP contribution in [0.4, 0.5) is 4.39 Å². The Kier molecular flexibility index (Phi) is 6.27. The maximum absolute atomic E-state index is 14.3. The van der Waals surface area contributed by atoms with Crippen LogP contribution in [0.2, 0.25) is 10.2 Å². The number of fused-ring (bicyclic) bond motifs is 1. The number of benzene rings is 1. The number of rotatable bonds is 5. The first-order valence-corrected chi connectivity index (χ1v) is 12.0. The fourth-order valence-electron chi connectivity index (χ4n) is 4.91. The minimum absolute atomic E-state index is 0.0484. The van der Waals surface area contributed by atoms with Gasteiger partial charge in [0.25, 0.3) is 0 Å². The normalized spacial score (nSPS) is 19.5. The van der Waals surface area contributed by atoms with Crippen LogP contribution in [0.3, 0.4) is 0 Å². The largest absolute Gasteiger partial charge is 0.496 e. The average molecular weight is 503 g/mol. The number of pyridine rings is 1. The highest BCUT2D eigenvalue weighted by molar-refractivity contribution is 6.32. The maximum atomic E-state index is 14.3. The van der Waals surface area contributed by atoms with Crippen molar-refractivity contribution in [3.8, 4) is 16.9 Å². The summed E-state index contributed by atoms with van der Waals surface area (Å²) in [6, 6.07) is 5.08. The zero-order valence-corrected chi connectivity index (χ0v) is 20.4. The number of ether oxygens (including phenoxy) is 1. The average Bonchev–Trinajstić information content (AvgIpc) is 3.44. The number of hydrogen-bond acceptors (Lipinski definition) is 4. The monoisotopic (exact) mass is 502 g/mol. The lowest BCUT2D eigenvalue weighted by atomic mass is 9.91. The molecule has 1 saturated carbocycles. The van der Waals surface area contributed by atoms with E-state index in [1.807, 2.05) is 23.9 Å². The van der Waals surface area contributed by atoms with Crippen LogP contribution in [-0.2, 0) is 0 Å². The van der Waals surface area contributed by atoms with Gasteiger partial charge in [-0.25, -0.2) is 9.37 Å². The van der Waals surface area contributed by atoms with Gasteiger partial charge in [-0.2, -0.15) is 5.10 Å². The summed E-state index contributed by atoms with van der Waals surface area (Å²) < 4.78 is 21.6. The fraction of sp³-hybridized carbons (Fsp3) is 0.360. The molecule has 0 amide bonds. The zero-order chi connectivity index (χ0) is 24.0. The Morgan fingerprint density at radius 2 is 1.97 bits per heavy atom. The van der Waals surface area contributed by atoms with E-state index in [4.69, 9.17) is 27.9 Å². The molecule has 0 saturated heterocycles. The molecule has 0 radical (unpaired) electrons. The number of aliphatic hydroxyl groups is 1. The molecule has 1 atom stereocenters. The quantitative estimate of drug-likeness (QED) is 0.326. The Balaban J connectivity index is 1.54. The molecule has 1 aliphatic carbocycles. The fourth-order valence-corrected chi connectivity index (χ4v) is 5.57. The lowest BCUT2D eigenvalue weighted by molar-refractivity contribution is 0.108. The van der Waals surface area contributed by atoms with Crippen LogP contribution in [-0.4, -0.2) is 38.1 Å². The predicted molar refractivity (Wildman–Crippen MR) is 131 cm³/mol. The van der Waals surface area contributed by atoms with Gasteiger partial charge < -0.3 is 14.8 Å². The van der Waals surface area contributed by atoms with Crippen molar-refractivity contribution < 1.29 is 14.2 Å². The van der Waals surface area contributed by atoms with E-state index in [1.165, 1.54) is 6.07 Å². The highest BCUT2D eigenvalue weighted by Gasteiger charge is 2.26. The minimum Gasteiger partial charge on any atom is -0.496 e. The summed E-state index contributed by atoms with van der Waals surface area (Å²) in [5, 5.41) is 15.9. The summed E-state index contributed by atoms with van der Waals surface area (Å²) in [6.07, 6.45) is 8.34. The highest BCUT2D eigenvalue weighted by Crippen LogP contribution is 2.41. The molecule has 4 aromatic rings. The van der Waals surface area contributed by atoms with Crippen LogP contribution in [0.5, 0.6) is 5.75 Å². The topological polar surface area (TPSA) is 76.0 Å². The van der Waals surface area contributed by atoms with Crippen molar-refractivity contribution in [2.75, 3.05) is 7.11 Å². The molecule has 178 valence electrons. The second kappa shape index (κ2) is 9.21. The first-order valence-electron chi connectivity index (χ1n) is 11.3. The van der Waals surface area contributed by atoms with Gasteiger partial charge in [0.1, 0.15) is 22.4 Å². The zero-order valence-electron chi connectivity index (χ0n) is 18.9. The molecule has 0 aliphatic heterocycles. The van der Waals surface area contributed by atoms with Crippen LogP contribution >= 0.6 is 23.2 Å². The molecule has 5 rings (SSSR count). The first kappa shape index (κ1) is 23.1. The van der Waals surface area contributed by atoms with Gasteiger partial charge in [-0.1, -0.05) is 30.1 Å². The van der Waals surface area contributed by atoms with Crippen molar-refractivity contribution in [3.05, 3.63) is 63.9 Å². The van der Waals surface area contributed by atoms with Gasteiger partial charge in [0.05, 0.1) is 30.5 Å². The summed E-state index contributed by atoms with van der Waals surface area (Å²) >= 11 is 13.1. The second-order valence-corrected chi connectivity index (χ2v) is 9.56. The molecule has 2 N–H and O–H groups in total. The van der Waals surface area contributed by atoms with Gasteiger partial charge in [0.15, 0.2) is 0 Å². The Morgan fingerprint density at radius 3 is 2.71 bits per heavy atom. The van der Waals surface area contributed by atoms with Crippen LogP contribution in [0, 0.1) is 5.82 Å². The van der Waals surface area contributed by atoms with Crippen LogP contribution in [0.25, 0.3) is 22.2 Å². The van der Waals surface area contributed by atoms with E-state index in [9.17, 15) is 9.50 Å². The van der Waals surface area contributed by atoms with Crippen LogP contribution < -0.4 is 4.74 Å². The molecule has 1 aliphatic rings. The summed E-state index contributed by atoms with van der Waals surface area (Å²) in [5.74, 6) is -0.215. The standard InChI is InChI=1S/C25H25Cl2FN4O2/c1-13(22-21(34-2)8-7-20(28)23(22)26)18-11-30-25-17(18)9-14(10-29-25)19-12-31-32(24(19)27)15-3-5-16(33)6-4-15/h7-13,15-16,33H,3-6H2,1-2H3,(H,29,30)/t13-,15?,16?/m0/s1. The van der Waals surface area contributed by atoms with E-state index in [-0.39, 0.29) is 23.1 Å². The van der Waals surface area contributed by atoms with Crippen molar-refractivity contribution >= 4 is 34.2 Å². The van der Waals surface area contributed by atoms with Gasteiger partial charge in [-0.3, -0.25) is 4.68 Å². The Morgan fingerprint density at radius 1 is 1.21 bits per heavy atom. The van der Waals surface area contributed by atoms with E-state index in [0.717, 1.165) is 47.8 Å². The van der Waals surface area contributed by atoms with Crippen molar-refractivity contribution in [1.29, 1.82) is 0 Å². The first-order chi connectivity index (χ1) is 16.4. The Hall–Kier alpha value is -2.61. The maximum Gasteiger partial charge on any atom is 0.142 e. The van der Waals surface area contributed by atoms with Gasteiger partial charge in [-0.05, 0) is 49.4 Å². The number of H-pyrrole nitrogens is 1. The molecule has 1 fully saturated rings. The molecular weight excluding hydrogens is 478 g/mol. The van der Waals surface area contributed by atoms with Gasteiger partial charge in [0.2, 0.25) is 0 Å². The number of nitrogens with zero attached hydrogens (tertiary/aromatic N) is 3. The molecule has 34 heavy (non-hydrogen) atoms. The lowest BCUT2D eigenvalue weighted by Gasteiger charge is -2.26. The molecule has 0 unspecified atom stereocenters. The number of nitrogens with one attached hydrogen (secondary N) is 1. The van der Waals surface area contributed by atoms with E-state index in [1.54, 1.807) is 25.6 Å². The number of halogens is 3. The van der Waals surface area contributed by atoms with Gasteiger partial charge in [0, 0.05) is 40.4 Å². The van der Waals surface area contributed by atoms with Crippen molar-refractivity contribution in [3.63, 3.8) is 0 Å². The van der Waals surface area contributed by atoms with E-state index in [2.05, 4.69) is 15.1 Å². The van der Waals surface area contributed by atoms with Gasteiger partial charge in [-0.15, -0.1) is 0 Å². The second-order valence-electron chi connectivity index (χ2n) is 8.82. The van der Waals surface area contributed by atoms with E-state index in [0.29, 0.717) is 22.1 Å². The molecule has 6 nitrogen and oxygen atoms in total. The molecular formula is C25H25Cl2FN4O2. The number of methoxy groups -OCH3 is 1. The molecule has 0 bridgehead atoms. The lowest BCUT2D eigenvalue weighted by Crippen LogP contribution is -2.21.